The highest BCUT2D eigenvalue weighted by Gasteiger charge is 1.92. The fourth-order valence-electron chi connectivity index (χ4n) is 1.48. The first-order valence-corrected chi connectivity index (χ1v) is 5.34. The molecule has 0 N–H and O–H groups in total. The van der Waals surface area contributed by atoms with E-state index in [1.165, 1.54) is 0 Å². The third-order valence-electron chi connectivity index (χ3n) is 2.33. The lowest BCUT2D eigenvalue weighted by atomic mass is 10.1. The van der Waals surface area contributed by atoms with E-state index in [-0.39, 0.29) is 0 Å². The summed E-state index contributed by atoms with van der Waals surface area (Å²) in [4.78, 5) is 0. The van der Waals surface area contributed by atoms with Gasteiger partial charge < -0.3 is 0 Å². The third kappa shape index (κ3) is 2.76. The van der Waals surface area contributed by atoms with Crippen LogP contribution >= 0.6 is 0 Å². The number of hydrogen-bond acceptors (Lipinski definition) is 2. The zero-order valence-corrected chi connectivity index (χ0v) is 9.51. The molecule has 0 fully saturated rings. The normalized spacial score (nSPS) is 8.56. The van der Waals surface area contributed by atoms with Crippen LogP contribution in [0.15, 0.2) is 48.5 Å². The van der Waals surface area contributed by atoms with E-state index >= 15 is 0 Å². The average Bonchev–Trinajstić information content (AvgIpc) is 2.45. The molecule has 0 saturated heterocycles. The molecule has 0 spiro atoms. The first-order chi connectivity index (χ1) is 8.81. The van der Waals surface area contributed by atoms with Crippen LogP contribution in [0, 0.1) is 34.5 Å². The molecule has 0 aliphatic heterocycles. The van der Waals surface area contributed by atoms with Crippen LogP contribution in [0.1, 0.15) is 22.3 Å². The van der Waals surface area contributed by atoms with Gasteiger partial charge in [0.15, 0.2) is 0 Å². The van der Waals surface area contributed by atoms with Crippen LogP contribution in [0.4, 0.5) is 0 Å². The van der Waals surface area contributed by atoms with Crippen LogP contribution in [-0.2, 0) is 0 Å². The average molecular weight is 228 g/mol. The van der Waals surface area contributed by atoms with Crippen LogP contribution in [-0.4, -0.2) is 0 Å². The van der Waals surface area contributed by atoms with E-state index in [9.17, 15) is 0 Å². The van der Waals surface area contributed by atoms with Crippen LogP contribution in [0.5, 0.6) is 0 Å². The second-order valence-corrected chi connectivity index (χ2v) is 3.64. The van der Waals surface area contributed by atoms with Gasteiger partial charge in [-0.25, -0.2) is 0 Å². The molecule has 2 rings (SSSR count). The number of rotatable bonds is 0. The van der Waals surface area contributed by atoms with Crippen molar-refractivity contribution in [2.45, 2.75) is 0 Å². The monoisotopic (exact) mass is 228 g/mol. The highest BCUT2D eigenvalue weighted by molar-refractivity contribution is 5.47. The van der Waals surface area contributed by atoms with Gasteiger partial charge in [-0.1, -0.05) is 24.0 Å². The zero-order valence-electron chi connectivity index (χ0n) is 9.51. The van der Waals surface area contributed by atoms with E-state index in [2.05, 4.69) is 24.0 Å². The van der Waals surface area contributed by atoms with Gasteiger partial charge in [0.05, 0.1) is 23.3 Å². The van der Waals surface area contributed by atoms with E-state index in [0.717, 1.165) is 11.1 Å². The van der Waals surface area contributed by atoms with Gasteiger partial charge in [0, 0.05) is 11.1 Å². The Morgan fingerprint density at radius 1 is 0.611 bits per heavy atom. The first-order valence-electron chi connectivity index (χ1n) is 5.34. The number of benzene rings is 2. The lowest BCUT2D eigenvalue weighted by molar-refractivity contribution is 1.47. The Labute approximate surface area is 106 Å². The van der Waals surface area contributed by atoms with Gasteiger partial charge in [-0.15, -0.1) is 0 Å². The molecule has 0 aliphatic carbocycles. The van der Waals surface area contributed by atoms with Crippen LogP contribution < -0.4 is 0 Å². The van der Waals surface area contributed by atoms with E-state index in [1.807, 2.05) is 12.1 Å². The van der Waals surface area contributed by atoms with Crippen molar-refractivity contribution >= 4 is 0 Å². The molecule has 82 valence electrons. The van der Waals surface area contributed by atoms with Crippen LogP contribution in [0.25, 0.3) is 0 Å². The lowest BCUT2D eigenvalue weighted by Crippen LogP contribution is -1.80. The minimum atomic E-state index is 0.590. The Bertz CT molecular complexity index is 657. The molecule has 2 heteroatoms. The van der Waals surface area contributed by atoms with Gasteiger partial charge in [0.1, 0.15) is 0 Å². The first kappa shape index (κ1) is 11.5. The SMILES string of the molecule is N#Cc1cccc(C#Cc2cccc(C#N)c2)c1. The fourth-order valence-corrected chi connectivity index (χ4v) is 1.48. The molecule has 0 bridgehead atoms. The predicted molar refractivity (Wildman–Crippen MR) is 68.3 cm³/mol. The number of nitrogens with zero attached hydrogens (tertiary/aromatic N) is 2. The van der Waals surface area contributed by atoms with Crippen molar-refractivity contribution < 1.29 is 0 Å². The molecule has 0 radical (unpaired) electrons. The van der Waals surface area contributed by atoms with E-state index in [4.69, 9.17) is 10.5 Å². The maximum atomic E-state index is 8.78. The van der Waals surface area contributed by atoms with Gasteiger partial charge in [0.2, 0.25) is 0 Å². The minimum Gasteiger partial charge on any atom is -0.192 e. The Balaban J connectivity index is 2.32. The summed E-state index contributed by atoms with van der Waals surface area (Å²) in [5.41, 5.74) is 2.76. The van der Waals surface area contributed by atoms with Gasteiger partial charge in [-0.3, -0.25) is 0 Å². The summed E-state index contributed by atoms with van der Waals surface area (Å²) in [7, 11) is 0. The second-order valence-electron chi connectivity index (χ2n) is 3.64. The van der Waals surface area contributed by atoms with Crippen molar-refractivity contribution in [2.24, 2.45) is 0 Å². The maximum Gasteiger partial charge on any atom is 0.0992 e. The van der Waals surface area contributed by atoms with Crippen molar-refractivity contribution in [3.05, 3.63) is 70.8 Å². The van der Waals surface area contributed by atoms with Gasteiger partial charge >= 0.3 is 0 Å². The molecular formula is C16H8N2. The van der Waals surface area contributed by atoms with Crippen molar-refractivity contribution in [3.63, 3.8) is 0 Å². The van der Waals surface area contributed by atoms with Gasteiger partial charge in [0.25, 0.3) is 0 Å². The van der Waals surface area contributed by atoms with E-state index in [1.54, 1.807) is 36.4 Å². The van der Waals surface area contributed by atoms with Crippen LogP contribution in [0.3, 0.4) is 0 Å². The highest BCUT2D eigenvalue weighted by Crippen LogP contribution is 2.05. The molecule has 0 unspecified atom stereocenters. The molecule has 0 heterocycles. The summed E-state index contributed by atoms with van der Waals surface area (Å²) in [5.74, 6) is 5.95. The number of hydrogen-bond donors (Lipinski definition) is 0. The minimum absolute atomic E-state index is 0.590. The van der Waals surface area contributed by atoms with Gasteiger partial charge in [-0.05, 0) is 36.4 Å². The Kier molecular flexibility index (Phi) is 3.41. The molecule has 0 saturated carbocycles. The third-order valence-corrected chi connectivity index (χ3v) is 2.33. The fraction of sp³-hybridized carbons (Fsp3) is 0. The molecule has 0 aromatic heterocycles. The largest absolute Gasteiger partial charge is 0.192 e. The molecule has 0 aliphatic rings. The zero-order chi connectivity index (χ0) is 12.8. The Hall–Kier alpha value is -3.02. The van der Waals surface area contributed by atoms with E-state index < -0.39 is 0 Å². The smallest absolute Gasteiger partial charge is 0.0992 e. The standard InChI is InChI=1S/C16H8N2/c17-11-15-5-1-3-13(9-15)7-8-14-4-2-6-16(10-14)12-18/h1-6,9-10H. The van der Waals surface area contributed by atoms with Crippen molar-refractivity contribution in [1.82, 2.24) is 0 Å². The number of nitriles is 2. The summed E-state index contributed by atoms with van der Waals surface area (Å²) < 4.78 is 0. The maximum absolute atomic E-state index is 8.78. The molecule has 2 nitrogen and oxygen atoms in total. The molecule has 0 atom stereocenters. The molecular weight excluding hydrogens is 220 g/mol. The Morgan fingerprint density at radius 3 is 1.39 bits per heavy atom. The Morgan fingerprint density at radius 2 is 1.00 bits per heavy atom. The van der Waals surface area contributed by atoms with Crippen molar-refractivity contribution in [1.29, 1.82) is 10.5 Å². The summed E-state index contributed by atoms with van der Waals surface area (Å²) in [6.45, 7) is 0. The summed E-state index contributed by atoms with van der Waals surface area (Å²) in [6, 6.07) is 18.4. The molecule has 0 amide bonds. The topological polar surface area (TPSA) is 47.6 Å². The lowest BCUT2D eigenvalue weighted by Gasteiger charge is -1.92. The second kappa shape index (κ2) is 5.35. The quantitative estimate of drug-likeness (QED) is 0.651. The molecule has 18 heavy (non-hydrogen) atoms. The van der Waals surface area contributed by atoms with Crippen molar-refractivity contribution in [3.8, 4) is 24.0 Å². The summed E-state index contributed by atoms with van der Waals surface area (Å²) in [5, 5.41) is 17.6. The molecule has 2 aromatic carbocycles. The summed E-state index contributed by atoms with van der Waals surface area (Å²) in [6.07, 6.45) is 0. The predicted octanol–water partition coefficient (Wildman–Crippen LogP) is 2.83. The van der Waals surface area contributed by atoms with Crippen molar-refractivity contribution in [2.75, 3.05) is 0 Å². The summed E-state index contributed by atoms with van der Waals surface area (Å²) >= 11 is 0. The van der Waals surface area contributed by atoms with E-state index in [0.29, 0.717) is 11.1 Å². The van der Waals surface area contributed by atoms with Crippen LogP contribution in [0.2, 0.25) is 0 Å². The van der Waals surface area contributed by atoms with Gasteiger partial charge in [-0.2, -0.15) is 10.5 Å². The highest BCUT2D eigenvalue weighted by atomic mass is 14.2. The molecule has 2 aromatic rings.